The first-order chi connectivity index (χ1) is 13.3. The normalized spacial score (nSPS) is 12.4. The topological polar surface area (TPSA) is 41.1 Å². The van der Waals surface area contributed by atoms with Crippen LogP contribution in [0.5, 0.6) is 0 Å². The van der Waals surface area contributed by atoms with E-state index in [9.17, 15) is 18.0 Å². The molecule has 1 amide bonds. The highest BCUT2D eigenvalue weighted by molar-refractivity contribution is 7.99. The number of hydrogen-bond acceptors (Lipinski definition) is 3. The van der Waals surface area contributed by atoms with E-state index in [0.717, 1.165) is 29.3 Å². The summed E-state index contributed by atoms with van der Waals surface area (Å²) in [7, 11) is 1.88. The zero-order valence-corrected chi connectivity index (χ0v) is 16.9. The van der Waals surface area contributed by atoms with Gasteiger partial charge in [0.1, 0.15) is 0 Å². The van der Waals surface area contributed by atoms with Gasteiger partial charge in [-0.1, -0.05) is 23.8 Å². The van der Waals surface area contributed by atoms with Crippen molar-refractivity contribution >= 4 is 35.0 Å². The fraction of sp³-hybridized carbons (Fsp3) is 0.250. The van der Waals surface area contributed by atoms with E-state index in [1.807, 2.05) is 20.0 Å². The van der Waals surface area contributed by atoms with Crippen LogP contribution in [0.25, 0.3) is 0 Å². The Hall–Kier alpha value is -1.96. The third kappa shape index (κ3) is 6.02. The summed E-state index contributed by atoms with van der Waals surface area (Å²) in [6.07, 6.45) is 4.07. The molecule has 2 aromatic carbocycles. The van der Waals surface area contributed by atoms with Crippen LogP contribution in [0.4, 0.5) is 18.9 Å². The molecule has 0 saturated carbocycles. The van der Waals surface area contributed by atoms with Gasteiger partial charge in [0.2, 0.25) is 0 Å². The van der Waals surface area contributed by atoms with Crippen molar-refractivity contribution in [3.8, 4) is 0 Å². The Morgan fingerprint density at radius 3 is 2.50 bits per heavy atom. The van der Waals surface area contributed by atoms with Crippen molar-refractivity contribution in [1.29, 1.82) is 0 Å². The minimum Gasteiger partial charge on any atom is -0.322 e. The summed E-state index contributed by atoms with van der Waals surface area (Å²) >= 11 is 7.74. The van der Waals surface area contributed by atoms with E-state index in [1.54, 1.807) is 12.1 Å². The van der Waals surface area contributed by atoms with Gasteiger partial charge in [-0.25, -0.2) is 13.2 Å². The van der Waals surface area contributed by atoms with E-state index < -0.39 is 23.4 Å². The van der Waals surface area contributed by atoms with Crippen molar-refractivity contribution in [1.82, 2.24) is 5.32 Å². The molecule has 0 fully saturated rings. The lowest BCUT2D eigenvalue weighted by Gasteiger charge is -2.13. The summed E-state index contributed by atoms with van der Waals surface area (Å²) in [5.74, 6) is -3.86. The van der Waals surface area contributed by atoms with Crippen molar-refractivity contribution in [2.45, 2.75) is 11.8 Å². The average molecular weight is 429 g/mol. The number of carbonyl (C=O) groups excluding carboxylic acids is 1. The second kappa shape index (κ2) is 10.5. The van der Waals surface area contributed by atoms with E-state index in [0.29, 0.717) is 10.9 Å². The molecular formula is C20H20ClF3N2OS. The van der Waals surface area contributed by atoms with Gasteiger partial charge in [-0.05, 0) is 38.1 Å². The molecule has 150 valence electrons. The van der Waals surface area contributed by atoms with E-state index in [-0.39, 0.29) is 11.3 Å². The van der Waals surface area contributed by atoms with E-state index in [1.165, 1.54) is 17.8 Å². The lowest BCUT2D eigenvalue weighted by atomic mass is 10.1. The van der Waals surface area contributed by atoms with Crippen LogP contribution < -0.4 is 10.6 Å². The molecule has 0 aliphatic carbocycles. The minimum atomic E-state index is -1.58. The SMILES string of the molecule is CC=CC(CNC)CSc1cc(C(=O)Nc2cc(F)c(F)c(F)c2)ccc1Cl. The number of halogens is 4. The first-order valence-electron chi connectivity index (χ1n) is 8.51. The van der Waals surface area contributed by atoms with Crippen LogP contribution in [-0.4, -0.2) is 25.3 Å². The standard InChI is InChI=1S/C20H20ClF3N2OS/c1-3-4-12(10-25-2)11-28-18-7-13(5-6-15(18)21)20(27)26-14-8-16(22)19(24)17(23)9-14/h3-9,12,25H,10-11H2,1-2H3,(H,26,27). The second-order valence-corrected chi connectivity index (χ2v) is 7.48. The first-order valence-corrected chi connectivity index (χ1v) is 9.87. The predicted octanol–water partition coefficient (Wildman–Crippen LogP) is 5.51. The Bertz CT molecular complexity index is 854. The maximum atomic E-state index is 13.3. The largest absolute Gasteiger partial charge is 0.322 e. The molecule has 3 nitrogen and oxygen atoms in total. The molecule has 28 heavy (non-hydrogen) atoms. The molecule has 1 atom stereocenters. The summed E-state index contributed by atoms with van der Waals surface area (Å²) < 4.78 is 39.7. The zero-order valence-electron chi connectivity index (χ0n) is 15.4. The van der Waals surface area contributed by atoms with Gasteiger partial charge in [0.05, 0.1) is 5.02 Å². The molecular weight excluding hydrogens is 409 g/mol. The highest BCUT2D eigenvalue weighted by atomic mass is 35.5. The van der Waals surface area contributed by atoms with Gasteiger partial charge in [0.25, 0.3) is 5.91 Å². The number of amides is 1. The maximum absolute atomic E-state index is 13.3. The van der Waals surface area contributed by atoms with Crippen molar-refractivity contribution < 1.29 is 18.0 Å². The summed E-state index contributed by atoms with van der Waals surface area (Å²) in [4.78, 5) is 13.1. The number of benzene rings is 2. The molecule has 0 aliphatic heterocycles. The fourth-order valence-corrected chi connectivity index (χ4v) is 3.82. The lowest BCUT2D eigenvalue weighted by Crippen LogP contribution is -2.19. The van der Waals surface area contributed by atoms with Crippen LogP contribution >= 0.6 is 23.4 Å². The molecule has 0 radical (unpaired) electrons. The summed E-state index contributed by atoms with van der Waals surface area (Å²) in [5, 5.41) is 5.99. The Morgan fingerprint density at radius 2 is 1.89 bits per heavy atom. The van der Waals surface area contributed by atoms with Gasteiger partial charge < -0.3 is 10.6 Å². The highest BCUT2D eigenvalue weighted by Crippen LogP contribution is 2.30. The number of carbonyl (C=O) groups is 1. The van der Waals surface area contributed by atoms with Crippen molar-refractivity contribution in [3.63, 3.8) is 0 Å². The Balaban J connectivity index is 2.14. The van der Waals surface area contributed by atoms with Crippen LogP contribution in [-0.2, 0) is 0 Å². The summed E-state index contributed by atoms with van der Waals surface area (Å²) in [5.41, 5.74) is 0.0981. The van der Waals surface area contributed by atoms with Gasteiger partial charge >= 0.3 is 0 Å². The lowest BCUT2D eigenvalue weighted by molar-refractivity contribution is 0.102. The highest BCUT2D eigenvalue weighted by Gasteiger charge is 2.15. The van der Waals surface area contributed by atoms with Gasteiger partial charge in [-0.15, -0.1) is 11.8 Å². The van der Waals surface area contributed by atoms with Crippen LogP contribution in [0.1, 0.15) is 17.3 Å². The van der Waals surface area contributed by atoms with Crippen LogP contribution in [0.3, 0.4) is 0 Å². The van der Waals surface area contributed by atoms with Crippen LogP contribution in [0.2, 0.25) is 5.02 Å². The fourth-order valence-electron chi connectivity index (χ4n) is 2.50. The quantitative estimate of drug-likeness (QED) is 0.331. The van der Waals surface area contributed by atoms with E-state index >= 15 is 0 Å². The maximum Gasteiger partial charge on any atom is 0.255 e. The third-order valence-corrected chi connectivity index (χ3v) is 5.50. The Kier molecular flexibility index (Phi) is 8.41. The molecule has 0 spiro atoms. The van der Waals surface area contributed by atoms with Crippen LogP contribution in [0.15, 0.2) is 47.4 Å². The van der Waals surface area contributed by atoms with Crippen molar-refractivity contribution in [2.24, 2.45) is 5.92 Å². The molecule has 0 aromatic heterocycles. The summed E-state index contributed by atoms with van der Waals surface area (Å²) in [6, 6.07) is 6.16. The molecule has 0 bridgehead atoms. The number of rotatable bonds is 8. The van der Waals surface area contributed by atoms with E-state index in [4.69, 9.17) is 11.6 Å². The zero-order chi connectivity index (χ0) is 20.7. The number of thioether (sulfide) groups is 1. The molecule has 2 aromatic rings. The Labute approximate surface area is 171 Å². The van der Waals surface area contributed by atoms with Crippen molar-refractivity contribution in [3.05, 3.63) is 70.5 Å². The minimum absolute atomic E-state index is 0.173. The molecule has 2 rings (SSSR count). The van der Waals surface area contributed by atoms with Gasteiger partial charge in [-0.3, -0.25) is 4.79 Å². The molecule has 0 aliphatic rings. The number of nitrogens with one attached hydrogen (secondary N) is 2. The number of allylic oxidation sites excluding steroid dienone is 1. The average Bonchev–Trinajstić information content (AvgIpc) is 2.65. The van der Waals surface area contributed by atoms with Crippen molar-refractivity contribution in [2.75, 3.05) is 24.7 Å². The van der Waals surface area contributed by atoms with Gasteiger partial charge in [0.15, 0.2) is 17.5 Å². The second-order valence-electron chi connectivity index (χ2n) is 6.01. The predicted molar refractivity (Wildman–Crippen MR) is 109 cm³/mol. The molecule has 8 heteroatoms. The van der Waals surface area contributed by atoms with E-state index in [2.05, 4.69) is 16.7 Å². The molecule has 0 heterocycles. The first kappa shape index (κ1) is 22.3. The molecule has 1 unspecified atom stereocenters. The Morgan fingerprint density at radius 1 is 1.21 bits per heavy atom. The smallest absolute Gasteiger partial charge is 0.255 e. The number of hydrogen-bond donors (Lipinski definition) is 2. The van der Waals surface area contributed by atoms with Crippen LogP contribution in [0, 0.1) is 23.4 Å². The molecule has 2 N–H and O–H groups in total. The monoisotopic (exact) mass is 428 g/mol. The number of anilines is 1. The molecule has 0 saturated heterocycles. The van der Waals surface area contributed by atoms with Gasteiger partial charge in [0, 0.05) is 40.6 Å². The summed E-state index contributed by atoms with van der Waals surface area (Å²) in [6.45, 7) is 2.75. The third-order valence-electron chi connectivity index (χ3n) is 3.82. The van der Waals surface area contributed by atoms with Gasteiger partial charge in [-0.2, -0.15) is 0 Å².